The van der Waals surface area contributed by atoms with Gasteiger partial charge in [0.15, 0.2) is 0 Å². The predicted octanol–water partition coefficient (Wildman–Crippen LogP) is 3.31. The fourth-order valence-electron chi connectivity index (χ4n) is 3.81. The molecule has 116 valence electrons. The lowest BCUT2D eigenvalue weighted by Gasteiger charge is -2.30. The molecule has 4 nitrogen and oxygen atoms in total. The van der Waals surface area contributed by atoms with Gasteiger partial charge in [-0.2, -0.15) is 0 Å². The summed E-state index contributed by atoms with van der Waals surface area (Å²) in [5.41, 5.74) is 1.99. The Kier molecular flexibility index (Phi) is 4.73. The average molecular weight is 290 g/mol. The van der Waals surface area contributed by atoms with E-state index in [0.29, 0.717) is 12.5 Å². The molecule has 0 spiro atoms. The van der Waals surface area contributed by atoms with Crippen LogP contribution in [0.1, 0.15) is 75.1 Å². The monoisotopic (exact) mass is 290 g/mol. The van der Waals surface area contributed by atoms with Crippen molar-refractivity contribution in [2.75, 3.05) is 6.61 Å². The van der Waals surface area contributed by atoms with E-state index in [1.54, 1.807) is 0 Å². The van der Waals surface area contributed by atoms with Gasteiger partial charge < -0.3 is 9.72 Å². The minimum Gasteiger partial charge on any atom is -0.370 e. The Morgan fingerprint density at radius 1 is 1.19 bits per heavy atom. The topological polar surface area (TPSA) is 55.0 Å². The van der Waals surface area contributed by atoms with Crippen LogP contribution in [0.5, 0.6) is 0 Å². The fourth-order valence-corrected chi connectivity index (χ4v) is 3.81. The standard InChI is InChI=1S/C17H26N2O2/c1-2-21-15(12-8-4-3-5-9-12)16-18-14-11-7-6-10-13(14)17(20)19-16/h12,15H,2-11H2,1H3,(H,18,19,20). The summed E-state index contributed by atoms with van der Waals surface area (Å²) < 4.78 is 5.98. The zero-order chi connectivity index (χ0) is 14.7. The first-order chi connectivity index (χ1) is 10.3. The molecule has 0 radical (unpaired) electrons. The molecule has 3 rings (SSSR count). The Morgan fingerprint density at radius 3 is 2.71 bits per heavy atom. The zero-order valence-corrected chi connectivity index (χ0v) is 13.0. The van der Waals surface area contributed by atoms with Crippen LogP contribution in [0.3, 0.4) is 0 Å². The van der Waals surface area contributed by atoms with Crippen molar-refractivity contribution < 1.29 is 4.74 Å². The summed E-state index contributed by atoms with van der Waals surface area (Å²) >= 11 is 0. The van der Waals surface area contributed by atoms with Gasteiger partial charge in [0.1, 0.15) is 11.9 Å². The first kappa shape index (κ1) is 14.8. The molecule has 1 aromatic heterocycles. The summed E-state index contributed by atoms with van der Waals surface area (Å²) in [4.78, 5) is 20.1. The van der Waals surface area contributed by atoms with Gasteiger partial charge in [-0.1, -0.05) is 19.3 Å². The number of ether oxygens (including phenoxy) is 1. The summed E-state index contributed by atoms with van der Waals surface area (Å²) in [5.74, 6) is 1.28. The van der Waals surface area contributed by atoms with Crippen LogP contribution in [0, 0.1) is 5.92 Å². The first-order valence-electron chi connectivity index (χ1n) is 8.53. The van der Waals surface area contributed by atoms with Gasteiger partial charge in [0.2, 0.25) is 0 Å². The molecule has 1 atom stereocenters. The van der Waals surface area contributed by atoms with Gasteiger partial charge in [-0.05, 0) is 51.4 Å². The largest absolute Gasteiger partial charge is 0.370 e. The number of hydrogen-bond donors (Lipinski definition) is 1. The molecule has 2 aliphatic carbocycles. The second kappa shape index (κ2) is 6.73. The maximum atomic E-state index is 12.3. The lowest BCUT2D eigenvalue weighted by molar-refractivity contribution is -0.000542. The fraction of sp³-hybridized carbons (Fsp3) is 0.765. The van der Waals surface area contributed by atoms with E-state index in [4.69, 9.17) is 9.72 Å². The van der Waals surface area contributed by atoms with Gasteiger partial charge in [-0.15, -0.1) is 0 Å². The van der Waals surface area contributed by atoms with E-state index in [9.17, 15) is 4.79 Å². The Hall–Kier alpha value is -1.16. The molecule has 21 heavy (non-hydrogen) atoms. The van der Waals surface area contributed by atoms with Crippen LogP contribution >= 0.6 is 0 Å². The highest BCUT2D eigenvalue weighted by Gasteiger charge is 2.28. The normalized spacial score (nSPS) is 21.0. The van der Waals surface area contributed by atoms with E-state index in [-0.39, 0.29) is 11.7 Å². The maximum absolute atomic E-state index is 12.3. The van der Waals surface area contributed by atoms with E-state index in [0.717, 1.165) is 42.8 Å². The Morgan fingerprint density at radius 2 is 1.95 bits per heavy atom. The van der Waals surface area contributed by atoms with Crippen LogP contribution in [0.25, 0.3) is 0 Å². The maximum Gasteiger partial charge on any atom is 0.254 e. The van der Waals surface area contributed by atoms with E-state index in [2.05, 4.69) is 4.98 Å². The Bertz CT molecular complexity index is 532. The van der Waals surface area contributed by atoms with Crippen LogP contribution in [0.15, 0.2) is 4.79 Å². The Balaban J connectivity index is 1.91. The van der Waals surface area contributed by atoms with E-state index >= 15 is 0 Å². The summed E-state index contributed by atoms with van der Waals surface area (Å²) in [5, 5.41) is 0. The predicted molar refractivity (Wildman–Crippen MR) is 82.4 cm³/mol. The molecule has 1 saturated carbocycles. The van der Waals surface area contributed by atoms with Crippen LogP contribution in [-0.4, -0.2) is 16.6 Å². The molecule has 1 unspecified atom stereocenters. The van der Waals surface area contributed by atoms with Crippen LogP contribution < -0.4 is 5.56 Å². The molecule has 0 amide bonds. The van der Waals surface area contributed by atoms with E-state index in [1.165, 1.54) is 32.1 Å². The molecule has 0 bridgehead atoms. The third kappa shape index (κ3) is 3.20. The highest BCUT2D eigenvalue weighted by atomic mass is 16.5. The van der Waals surface area contributed by atoms with Gasteiger partial charge in [-0.3, -0.25) is 4.79 Å². The molecule has 0 aromatic carbocycles. The van der Waals surface area contributed by atoms with E-state index < -0.39 is 0 Å². The highest BCUT2D eigenvalue weighted by Crippen LogP contribution is 2.35. The number of fused-ring (bicyclic) bond motifs is 1. The van der Waals surface area contributed by atoms with Crippen molar-refractivity contribution in [1.82, 2.24) is 9.97 Å². The van der Waals surface area contributed by atoms with Gasteiger partial charge in [0.25, 0.3) is 5.56 Å². The highest BCUT2D eigenvalue weighted by molar-refractivity contribution is 5.21. The van der Waals surface area contributed by atoms with Gasteiger partial charge >= 0.3 is 0 Å². The summed E-state index contributed by atoms with van der Waals surface area (Å²) in [6.45, 7) is 2.69. The van der Waals surface area contributed by atoms with Crippen molar-refractivity contribution >= 4 is 0 Å². The van der Waals surface area contributed by atoms with Crippen molar-refractivity contribution in [2.45, 2.75) is 70.8 Å². The second-order valence-corrected chi connectivity index (χ2v) is 6.36. The molecule has 1 aromatic rings. The average Bonchev–Trinajstić information content (AvgIpc) is 2.53. The molecular weight excluding hydrogens is 264 g/mol. The molecule has 1 N–H and O–H groups in total. The number of rotatable bonds is 4. The van der Waals surface area contributed by atoms with Crippen molar-refractivity contribution in [3.8, 4) is 0 Å². The number of hydrogen-bond acceptors (Lipinski definition) is 3. The summed E-state index contributed by atoms with van der Waals surface area (Å²) in [6.07, 6.45) is 10.3. The number of nitrogens with one attached hydrogen (secondary N) is 1. The lowest BCUT2D eigenvalue weighted by atomic mass is 9.84. The van der Waals surface area contributed by atoms with Crippen LogP contribution in [0.2, 0.25) is 0 Å². The minimum absolute atomic E-state index is 0.0322. The molecule has 1 fully saturated rings. The molecular formula is C17H26N2O2. The third-order valence-corrected chi connectivity index (χ3v) is 4.90. The molecule has 1 heterocycles. The number of H-pyrrole nitrogens is 1. The molecule has 2 aliphatic rings. The number of aromatic nitrogens is 2. The second-order valence-electron chi connectivity index (χ2n) is 6.36. The number of aromatic amines is 1. The molecule has 4 heteroatoms. The van der Waals surface area contributed by atoms with Gasteiger partial charge in [0.05, 0.1) is 5.69 Å². The third-order valence-electron chi connectivity index (χ3n) is 4.90. The number of nitrogens with zero attached hydrogens (tertiary/aromatic N) is 1. The quantitative estimate of drug-likeness (QED) is 0.925. The van der Waals surface area contributed by atoms with Crippen molar-refractivity contribution in [1.29, 1.82) is 0 Å². The summed E-state index contributed by atoms with van der Waals surface area (Å²) in [7, 11) is 0. The first-order valence-corrected chi connectivity index (χ1v) is 8.53. The minimum atomic E-state index is -0.0322. The van der Waals surface area contributed by atoms with Crippen molar-refractivity contribution in [3.05, 3.63) is 27.4 Å². The molecule has 0 saturated heterocycles. The lowest BCUT2D eigenvalue weighted by Crippen LogP contribution is -2.28. The van der Waals surface area contributed by atoms with Crippen molar-refractivity contribution in [2.24, 2.45) is 5.92 Å². The van der Waals surface area contributed by atoms with Crippen molar-refractivity contribution in [3.63, 3.8) is 0 Å². The Labute approximate surface area is 126 Å². The van der Waals surface area contributed by atoms with Gasteiger partial charge in [0, 0.05) is 12.2 Å². The van der Waals surface area contributed by atoms with Gasteiger partial charge in [-0.25, -0.2) is 4.98 Å². The molecule has 0 aliphatic heterocycles. The number of aryl methyl sites for hydroxylation is 1. The van der Waals surface area contributed by atoms with Crippen LogP contribution in [0.4, 0.5) is 0 Å². The van der Waals surface area contributed by atoms with Crippen LogP contribution in [-0.2, 0) is 17.6 Å². The summed E-state index contributed by atoms with van der Waals surface area (Å²) in [6, 6.07) is 0. The smallest absolute Gasteiger partial charge is 0.254 e. The SMILES string of the molecule is CCOC(c1nc2c(c(=O)[nH]1)CCCC2)C1CCCCC1. The zero-order valence-electron chi connectivity index (χ0n) is 13.0. The van der Waals surface area contributed by atoms with E-state index in [1.807, 2.05) is 6.92 Å².